The molecule has 0 radical (unpaired) electrons. The lowest BCUT2D eigenvalue weighted by molar-refractivity contribution is -0.137. The molecule has 8 heteroatoms. The number of rotatable bonds is 6. The van der Waals surface area contributed by atoms with Crippen LogP contribution in [0.25, 0.3) is 0 Å². The Balaban J connectivity index is 1.82. The Kier molecular flexibility index (Phi) is 6.56. The van der Waals surface area contributed by atoms with Crippen LogP contribution in [0.15, 0.2) is 42.5 Å². The van der Waals surface area contributed by atoms with Gasteiger partial charge in [0.25, 0.3) is 0 Å². The summed E-state index contributed by atoms with van der Waals surface area (Å²) < 4.78 is 38.1. The van der Waals surface area contributed by atoms with E-state index in [0.717, 1.165) is 23.8 Å². The first-order chi connectivity index (χ1) is 11.8. The monoisotopic (exact) mass is 390 g/mol. The van der Waals surface area contributed by atoms with Gasteiger partial charge in [0.2, 0.25) is 5.91 Å². The van der Waals surface area contributed by atoms with E-state index in [1.807, 2.05) is 12.1 Å². The summed E-state index contributed by atoms with van der Waals surface area (Å²) >= 11 is 11.6. The highest BCUT2D eigenvalue weighted by atomic mass is 35.5. The van der Waals surface area contributed by atoms with Crippen molar-refractivity contribution in [3.8, 4) is 0 Å². The lowest BCUT2D eigenvalue weighted by Gasteiger charge is -2.12. The van der Waals surface area contributed by atoms with Crippen molar-refractivity contribution in [2.75, 3.05) is 18.4 Å². The lowest BCUT2D eigenvalue weighted by atomic mass is 10.1. The Morgan fingerprint density at radius 1 is 1.04 bits per heavy atom. The molecule has 0 fully saturated rings. The molecule has 0 unspecified atom stereocenters. The molecule has 0 saturated carbocycles. The van der Waals surface area contributed by atoms with Crippen LogP contribution >= 0.6 is 23.2 Å². The van der Waals surface area contributed by atoms with Crippen LogP contribution in [-0.2, 0) is 17.4 Å². The highest BCUT2D eigenvalue weighted by Gasteiger charge is 2.30. The number of anilines is 1. The molecule has 0 aliphatic rings. The molecule has 0 spiro atoms. The number of carbonyl (C=O) groups excluding carboxylic acids is 1. The van der Waals surface area contributed by atoms with Crippen LogP contribution in [0, 0.1) is 0 Å². The van der Waals surface area contributed by atoms with E-state index in [0.29, 0.717) is 18.0 Å². The summed E-state index contributed by atoms with van der Waals surface area (Å²) in [7, 11) is 0. The van der Waals surface area contributed by atoms with Crippen molar-refractivity contribution in [1.82, 2.24) is 5.32 Å². The fourth-order valence-corrected chi connectivity index (χ4v) is 2.38. The third kappa shape index (κ3) is 6.14. The van der Waals surface area contributed by atoms with Crippen molar-refractivity contribution >= 4 is 34.8 Å². The summed E-state index contributed by atoms with van der Waals surface area (Å²) in [5.41, 5.74) is 0.241. The molecule has 2 aromatic carbocycles. The molecule has 134 valence electrons. The number of carbonyl (C=O) groups is 1. The van der Waals surface area contributed by atoms with Crippen molar-refractivity contribution in [3.63, 3.8) is 0 Å². The first-order valence-electron chi connectivity index (χ1n) is 7.37. The molecule has 2 aromatic rings. The second kappa shape index (κ2) is 8.45. The van der Waals surface area contributed by atoms with E-state index in [9.17, 15) is 18.0 Å². The van der Waals surface area contributed by atoms with Crippen molar-refractivity contribution in [3.05, 3.63) is 63.6 Å². The number of nitrogens with one attached hydrogen (secondary N) is 2. The number of amides is 1. The zero-order valence-corrected chi connectivity index (χ0v) is 14.5. The first kappa shape index (κ1) is 19.4. The molecule has 25 heavy (non-hydrogen) atoms. The normalized spacial score (nSPS) is 11.2. The fraction of sp³-hybridized carbons (Fsp3) is 0.235. The average molecular weight is 391 g/mol. The molecule has 2 rings (SSSR count). The quantitative estimate of drug-likeness (QED) is 0.744. The lowest BCUT2D eigenvalue weighted by Crippen LogP contribution is -2.31. The second-order valence-corrected chi connectivity index (χ2v) is 6.12. The molecule has 0 bridgehead atoms. The van der Waals surface area contributed by atoms with Gasteiger partial charge in [-0.3, -0.25) is 4.79 Å². The summed E-state index contributed by atoms with van der Waals surface area (Å²) in [6, 6.07) is 10.1. The molecule has 3 nitrogen and oxygen atoms in total. The fourth-order valence-electron chi connectivity index (χ4n) is 2.07. The Morgan fingerprint density at radius 3 is 2.36 bits per heavy atom. The van der Waals surface area contributed by atoms with Gasteiger partial charge >= 0.3 is 6.18 Å². The van der Waals surface area contributed by atoms with Gasteiger partial charge in [0.05, 0.1) is 22.8 Å². The average Bonchev–Trinajstić information content (AvgIpc) is 2.55. The molecular weight excluding hydrogens is 376 g/mol. The van der Waals surface area contributed by atoms with Crippen LogP contribution < -0.4 is 10.6 Å². The maximum absolute atomic E-state index is 12.7. The predicted molar refractivity (Wildman–Crippen MR) is 93.1 cm³/mol. The minimum absolute atomic E-state index is 0.0596. The Hall–Kier alpha value is -1.92. The van der Waals surface area contributed by atoms with Gasteiger partial charge in [-0.25, -0.2) is 0 Å². The third-order valence-electron chi connectivity index (χ3n) is 3.38. The van der Waals surface area contributed by atoms with Gasteiger partial charge in [-0.1, -0.05) is 35.3 Å². The van der Waals surface area contributed by atoms with E-state index in [2.05, 4.69) is 10.6 Å². The minimum atomic E-state index is -4.47. The zero-order chi connectivity index (χ0) is 18.4. The van der Waals surface area contributed by atoms with Gasteiger partial charge < -0.3 is 10.6 Å². The smallest absolute Gasteiger partial charge is 0.375 e. The van der Waals surface area contributed by atoms with Gasteiger partial charge in [-0.15, -0.1) is 0 Å². The maximum Gasteiger partial charge on any atom is 0.416 e. The van der Waals surface area contributed by atoms with Crippen molar-refractivity contribution in [2.24, 2.45) is 0 Å². The van der Waals surface area contributed by atoms with Crippen LogP contribution in [0.4, 0.5) is 18.9 Å². The summed E-state index contributed by atoms with van der Waals surface area (Å²) in [4.78, 5) is 11.8. The van der Waals surface area contributed by atoms with Crippen LogP contribution in [0.2, 0.25) is 10.0 Å². The number of alkyl halides is 3. The second-order valence-electron chi connectivity index (χ2n) is 5.27. The molecular formula is C17H15Cl2F3N2O. The van der Waals surface area contributed by atoms with E-state index in [4.69, 9.17) is 23.2 Å². The SMILES string of the molecule is O=C(CNc1cc(C(F)(F)F)ccc1Cl)NCCc1ccc(Cl)cc1. The minimum Gasteiger partial charge on any atom is -0.375 e. The Morgan fingerprint density at radius 2 is 1.72 bits per heavy atom. The van der Waals surface area contributed by atoms with E-state index in [1.165, 1.54) is 0 Å². The number of hydrogen-bond donors (Lipinski definition) is 2. The van der Waals surface area contributed by atoms with Gasteiger partial charge in [0.15, 0.2) is 0 Å². The summed E-state index contributed by atoms with van der Waals surface area (Å²) in [6.07, 6.45) is -3.85. The molecule has 0 saturated heterocycles. The van der Waals surface area contributed by atoms with E-state index in [-0.39, 0.29) is 23.2 Å². The first-order valence-corrected chi connectivity index (χ1v) is 8.13. The number of halogens is 5. The highest BCUT2D eigenvalue weighted by molar-refractivity contribution is 6.33. The van der Waals surface area contributed by atoms with Crippen LogP contribution in [0.5, 0.6) is 0 Å². The molecule has 0 heterocycles. The van der Waals surface area contributed by atoms with Crippen LogP contribution in [0.3, 0.4) is 0 Å². The molecule has 0 aliphatic carbocycles. The molecule has 1 amide bonds. The molecule has 0 aliphatic heterocycles. The van der Waals surface area contributed by atoms with Crippen LogP contribution in [0.1, 0.15) is 11.1 Å². The standard InChI is InChI=1S/C17H15Cl2F3N2O/c18-13-4-1-11(2-5-13)7-8-23-16(25)10-24-15-9-12(17(20,21)22)3-6-14(15)19/h1-6,9,24H,7-8,10H2,(H,23,25). The van der Waals surface area contributed by atoms with Gasteiger partial charge in [-0.2, -0.15) is 13.2 Å². The van der Waals surface area contributed by atoms with Crippen molar-refractivity contribution < 1.29 is 18.0 Å². The molecule has 2 N–H and O–H groups in total. The topological polar surface area (TPSA) is 41.1 Å². The zero-order valence-electron chi connectivity index (χ0n) is 13.0. The Labute approximate surface area is 153 Å². The van der Waals surface area contributed by atoms with E-state index < -0.39 is 11.7 Å². The van der Waals surface area contributed by atoms with Gasteiger partial charge in [0, 0.05) is 11.6 Å². The van der Waals surface area contributed by atoms with Gasteiger partial charge in [-0.05, 0) is 42.3 Å². The number of benzene rings is 2. The number of hydrogen-bond acceptors (Lipinski definition) is 2. The van der Waals surface area contributed by atoms with E-state index >= 15 is 0 Å². The maximum atomic E-state index is 12.7. The largest absolute Gasteiger partial charge is 0.416 e. The Bertz CT molecular complexity index is 734. The summed E-state index contributed by atoms with van der Waals surface area (Å²) in [5.74, 6) is -0.345. The van der Waals surface area contributed by atoms with E-state index in [1.54, 1.807) is 12.1 Å². The predicted octanol–water partition coefficient (Wildman–Crippen LogP) is 4.78. The van der Waals surface area contributed by atoms with Crippen molar-refractivity contribution in [1.29, 1.82) is 0 Å². The van der Waals surface area contributed by atoms with Gasteiger partial charge in [0.1, 0.15) is 0 Å². The highest BCUT2D eigenvalue weighted by Crippen LogP contribution is 2.33. The van der Waals surface area contributed by atoms with Crippen molar-refractivity contribution in [2.45, 2.75) is 12.6 Å². The van der Waals surface area contributed by atoms with Crippen LogP contribution in [-0.4, -0.2) is 19.0 Å². The molecule has 0 aromatic heterocycles. The third-order valence-corrected chi connectivity index (χ3v) is 3.96. The summed E-state index contributed by atoms with van der Waals surface area (Å²) in [6.45, 7) is 0.222. The summed E-state index contributed by atoms with van der Waals surface area (Å²) in [5, 5.41) is 6.05. The molecule has 0 atom stereocenters.